The number of hydrogen-bond acceptors (Lipinski definition) is 6. The Hall–Kier alpha value is -2.13. The molecule has 3 unspecified atom stereocenters. The van der Waals surface area contributed by atoms with Crippen molar-refractivity contribution in [3.05, 3.63) is 40.1 Å². The van der Waals surface area contributed by atoms with E-state index >= 15 is 0 Å². The second-order valence-electron chi connectivity index (χ2n) is 12.5. The molecule has 2 aliphatic heterocycles. The summed E-state index contributed by atoms with van der Waals surface area (Å²) in [5.74, 6) is 1.28. The molecule has 6 rings (SSSR count). The first-order valence-corrected chi connectivity index (χ1v) is 14.8. The first kappa shape index (κ1) is 29.9. The van der Waals surface area contributed by atoms with E-state index in [2.05, 4.69) is 22.8 Å². The molecule has 14 heteroatoms. The summed E-state index contributed by atoms with van der Waals surface area (Å²) < 4.78 is 89.7. The lowest BCUT2D eigenvalue weighted by Crippen LogP contribution is -2.50. The fraction of sp³-hybridized carbons (Fsp3) is 0.750. The zero-order chi connectivity index (χ0) is 29.8. The lowest BCUT2D eigenvalue weighted by molar-refractivity contribution is -0.237. The first-order chi connectivity index (χ1) is 19.9. The second-order valence-corrected chi connectivity index (χ2v) is 12.5. The molecular formula is C28H38F6N6O2. The van der Waals surface area contributed by atoms with Gasteiger partial charge in [-0.25, -0.2) is 15.6 Å². The molecule has 0 radical (unpaired) electrons. The average molecular weight is 605 g/mol. The molecule has 0 bridgehead atoms. The van der Waals surface area contributed by atoms with Crippen molar-refractivity contribution in [2.24, 2.45) is 17.8 Å². The largest absolute Gasteiger partial charge is 0.418 e. The van der Waals surface area contributed by atoms with E-state index in [1.54, 1.807) is 0 Å². The van der Waals surface area contributed by atoms with E-state index in [-0.39, 0.29) is 43.0 Å². The van der Waals surface area contributed by atoms with Crippen LogP contribution in [-0.4, -0.2) is 70.6 Å². The predicted molar refractivity (Wildman–Crippen MR) is 142 cm³/mol. The average Bonchev–Trinajstić information content (AvgIpc) is 3.47. The van der Waals surface area contributed by atoms with Crippen molar-refractivity contribution in [3.63, 3.8) is 0 Å². The maximum Gasteiger partial charge on any atom is 0.418 e. The molecule has 234 valence electrons. The molecule has 8 nitrogen and oxygen atoms in total. The Kier molecular flexibility index (Phi) is 8.13. The van der Waals surface area contributed by atoms with Crippen LogP contribution >= 0.6 is 0 Å². The highest BCUT2D eigenvalue weighted by molar-refractivity contribution is 5.56. The van der Waals surface area contributed by atoms with Crippen LogP contribution in [0.2, 0.25) is 0 Å². The Morgan fingerprint density at radius 1 is 1.05 bits per heavy atom. The number of imidazole rings is 1. The topological polar surface area (TPSA) is 66.2 Å². The summed E-state index contributed by atoms with van der Waals surface area (Å²) in [6.45, 7) is 0.0657. The minimum absolute atomic E-state index is 0.131. The highest BCUT2D eigenvalue weighted by Crippen LogP contribution is 2.47. The van der Waals surface area contributed by atoms with Gasteiger partial charge in [-0.2, -0.15) is 26.3 Å². The summed E-state index contributed by atoms with van der Waals surface area (Å²) in [4.78, 5) is 17.3. The molecule has 2 aliphatic carbocycles. The molecule has 42 heavy (non-hydrogen) atoms. The third-order valence-corrected chi connectivity index (χ3v) is 9.81. The van der Waals surface area contributed by atoms with E-state index in [4.69, 9.17) is 4.74 Å². The molecule has 2 saturated carbocycles. The number of ether oxygens (including phenoxy) is 1. The van der Waals surface area contributed by atoms with E-state index in [1.165, 1.54) is 41.1 Å². The molecule has 5 atom stereocenters. The maximum atomic E-state index is 14.3. The van der Waals surface area contributed by atoms with Crippen LogP contribution in [0.15, 0.2) is 23.3 Å². The molecule has 0 spiro atoms. The number of hydrogen-bond donors (Lipinski definition) is 2. The van der Waals surface area contributed by atoms with Gasteiger partial charge < -0.3 is 4.74 Å². The summed E-state index contributed by atoms with van der Waals surface area (Å²) >= 11 is 0. The van der Waals surface area contributed by atoms with Crippen molar-refractivity contribution >= 4 is 5.52 Å². The Bertz CT molecular complexity index is 1320. The van der Waals surface area contributed by atoms with Gasteiger partial charge in [0.15, 0.2) is 6.10 Å². The Labute approximate surface area is 239 Å². The number of morpholine rings is 1. The standard InChI is InChI=1S/C28H38F6N6O2/c1-37-16-35-36-25(37)24(18-4-2-5-18)19-6-3-7-20(11-19)39-14-22-21(27(29,30)31)10-17(13-40(22)26(39)41)12-38-8-9-42-23(15-38)28(32,33)34/h10,13-14,18-20,23-25,35-36H,2-9,11-12,15-16H2,1H3/t19?,20?,23-,24+,25?/m0/s1. The van der Waals surface area contributed by atoms with Gasteiger partial charge in [-0.1, -0.05) is 25.7 Å². The summed E-state index contributed by atoms with van der Waals surface area (Å²) in [7, 11) is 2.07. The van der Waals surface area contributed by atoms with Crippen LogP contribution < -0.4 is 16.5 Å². The lowest BCUT2D eigenvalue weighted by atomic mass is 9.65. The number of alkyl halides is 6. The van der Waals surface area contributed by atoms with Crippen molar-refractivity contribution in [1.29, 1.82) is 0 Å². The molecule has 2 saturated heterocycles. The number of nitrogens with zero attached hydrogens (tertiary/aromatic N) is 4. The van der Waals surface area contributed by atoms with Gasteiger partial charge in [0, 0.05) is 38.1 Å². The van der Waals surface area contributed by atoms with Crippen molar-refractivity contribution in [2.75, 3.05) is 33.4 Å². The number of rotatable bonds is 6. The molecule has 0 amide bonds. The van der Waals surface area contributed by atoms with E-state index in [0.29, 0.717) is 30.6 Å². The normalized spacial score (nSPS) is 29.7. The van der Waals surface area contributed by atoms with Gasteiger partial charge in [-0.15, -0.1) is 0 Å². The highest BCUT2D eigenvalue weighted by Gasteiger charge is 2.45. The summed E-state index contributed by atoms with van der Waals surface area (Å²) in [5.41, 5.74) is 5.04. The third kappa shape index (κ3) is 5.84. The predicted octanol–water partition coefficient (Wildman–Crippen LogP) is 4.35. The minimum atomic E-state index is -4.74. The van der Waals surface area contributed by atoms with Gasteiger partial charge in [-0.05, 0) is 55.7 Å². The smallest absolute Gasteiger partial charge is 0.366 e. The fourth-order valence-electron chi connectivity index (χ4n) is 7.54. The Balaban J connectivity index is 1.29. The van der Waals surface area contributed by atoms with Crippen molar-refractivity contribution in [1.82, 2.24) is 29.6 Å². The van der Waals surface area contributed by atoms with E-state index in [9.17, 15) is 31.1 Å². The van der Waals surface area contributed by atoms with Crippen LogP contribution in [0.5, 0.6) is 0 Å². The van der Waals surface area contributed by atoms with Crippen LogP contribution in [0.4, 0.5) is 26.3 Å². The molecule has 2 N–H and O–H groups in total. The summed E-state index contributed by atoms with van der Waals surface area (Å²) in [6, 6.07) is 0.733. The first-order valence-electron chi connectivity index (χ1n) is 14.8. The van der Waals surface area contributed by atoms with Crippen molar-refractivity contribution < 1.29 is 31.1 Å². The number of aromatic nitrogens is 2. The van der Waals surface area contributed by atoms with Crippen LogP contribution in [0.1, 0.15) is 62.1 Å². The molecule has 0 aromatic carbocycles. The second kappa shape index (κ2) is 11.4. The van der Waals surface area contributed by atoms with Crippen LogP contribution in [0.25, 0.3) is 5.52 Å². The van der Waals surface area contributed by atoms with Gasteiger partial charge in [-0.3, -0.25) is 18.8 Å². The summed E-state index contributed by atoms with van der Waals surface area (Å²) in [6.07, 6.45) is -1.61. The monoisotopic (exact) mass is 604 g/mol. The number of nitrogens with one attached hydrogen (secondary N) is 2. The number of pyridine rings is 1. The van der Waals surface area contributed by atoms with Gasteiger partial charge in [0.05, 0.1) is 30.5 Å². The Morgan fingerprint density at radius 3 is 2.43 bits per heavy atom. The van der Waals surface area contributed by atoms with Gasteiger partial charge in [0.25, 0.3) is 0 Å². The van der Waals surface area contributed by atoms with E-state index < -0.39 is 36.3 Å². The van der Waals surface area contributed by atoms with Crippen molar-refractivity contribution in [2.45, 2.75) is 82.2 Å². The fourth-order valence-corrected chi connectivity index (χ4v) is 7.54. The summed E-state index contributed by atoms with van der Waals surface area (Å²) in [5, 5.41) is 0. The number of fused-ring (bicyclic) bond motifs is 1. The van der Waals surface area contributed by atoms with E-state index in [0.717, 1.165) is 30.0 Å². The quantitative estimate of drug-likeness (QED) is 0.479. The SMILES string of the molecule is CN1CNNC1[C@H](C1CCC1)C1CCCC(n2cc3c(C(F)(F)F)cc(CN4CCO[C@H](C(F)(F)F)C4)cn3c2=O)C1. The molecule has 4 heterocycles. The maximum absolute atomic E-state index is 14.3. The van der Waals surface area contributed by atoms with Crippen molar-refractivity contribution in [3.8, 4) is 0 Å². The van der Waals surface area contributed by atoms with Crippen LogP contribution in [0, 0.1) is 17.8 Å². The van der Waals surface area contributed by atoms with Crippen LogP contribution in [0.3, 0.4) is 0 Å². The lowest BCUT2D eigenvalue weighted by Gasteiger charge is -2.46. The minimum Gasteiger partial charge on any atom is -0.366 e. The molecular weight excluding hydrogens is 566 g/mol. The van der Waals surface area contributed by atoms with Crippen LogP contribution in [-0.2, 0) is 17.5 Å². The third-order valence-electron chi connectivity index (χ3n) is 9.81. The molecule has 2 aromatic heterocycles. The number of halogens is 6. The zero-order valence-electron chi connectivity index (χ0n) is 23.6. The van der Waals surface area contributed by atoms with Gasteiger partial charge >= 0.3 is 18.0 Å². The molecule has 2 aromatic rings. The van der Waals surface area contributed by atoms with E-state index in [1.807, 2.05) is 0 Å². The number of hydrazine groups is 1. The highest BCUT2D eigenvalue weighted by atomic mass is 19.4. The van der Waals surface area contributed by atoms with Gasteiger partial charge in [0.1, 0.15) is 0 Å². The van der Waals surface area contributed by atoms with Gasteiger partial charge in [0.2, 0.25) is 0 Å². The molecule has 4 fully saturated rings. The Morgan fingerprint density at radius 2 is 1.79 bits per heavy atom. The zero-order valence-corrected chi connectivity index (χ0v) is 23.6. The molecule has 4 aliphatic rings.